The van der Waals surface area contributed by atoms with Crippen molar-refractivity contribution in [3.63, 3.8) is 0 Å². The lowest BCUT2D eigenvalue weighted by Gasteiger charge is -2.27. The Balaban J connectivity index is 0.00000161. The molecule has 1 saturated carbocycles. The molecule has 1 aromatic carbocycles. The molecule has 0 spiro atoms. The van der Waals surface area contributed by atoms with Crippen LogP contribution in [0.15, 0.2) is 30.6 Å². The van der Waals surface area contributed by atoms with Crippen molar-refractivity contribution in [2.45, 2.75) is 51.2 Å². The van der Waals surface area contributed by atoms with Crippen molar-refractivity contribution in [2.75, 3.05) is 0 Å². The highest BCUT2D eigenvalue weighted by atomic mass is 35.5. The standard InChI is InChI=1S/C17H22N2O.ClH/c1-2-12-10-19-11-13-4-3-5-16(17(12)13)20-15-8-6-14(18)7-9-15;/h3-5,10-11,14-15H,2,6-9,18H2,1H3;1H. The fourth-order valence-electron chi connectivity index (χ4n) is 3.02. The average molecular weight is 307 g/mol. The summed E-state index contributed by atoms with van der Waals surface area (Å²) in [5, 5.41) is 2.38. The van der Waals surface area contributed by atoms with Gasteiger partial charge in [0, 0.05) is 29.2 Å². The number of fused-ring (bicyclic) bond motifs is 1. The van der Waals surface area contributed by atoms with Crippen LogP contribution in [0.3, 0.4) is 0 Å². The van der Waals surface area contributed by atoms with E-state index in [9.17, 15) is 0 Å². The van der Waals surface area contributed by atoms with Crippen LogP contribution >= 0.6 is 12.4 Å². The van der Waals surface area contributed by atoms with Crippen molar-refractivity contribution >= 4 is 23.2 Å². The van der Waals surface area contributed by atoms with Crippen molar-refractivity contribution in [3.8, 4) is 5.75 Å². The van der Waals surface area contributed by atoms with Gasteiger partial charge < -0.3 is 10.5 Å². The van der Waals surface area contributed by atoms with Crippen molar-refractivity contribution in [1.82, 2.24) is 4.98 Å². The Bertz CT molecular complexity index is 589. The molecular formula is C17H23ClN2O. The predicted octanol–water partition coefficient (Wildman–Crippen LogP) is 3.87. The van der Waals surface area contributed by atoms with E-state index in [2.05, 4.69) is 24.0 Å². The number of hydrogen-bond donors (Lipinski definition) is 1. The molecule has 0 aliphatic heterocycles. The molecule has 0 unspecified atom stereocenters. The normalized spacial score (nSPS) is 21.8. The van der Waals surface area contributed by atoms with Gasteiger partial charge in [-0.25, -0.2) is 0 Å². The number of nitrogens with zero attached hydrogens (tertiary/aromatic N) is 1. The molecule has 2 aromatic rings. The Morgan fingerprint density at radius 3 is 2.67 bits per heavy atom. The van der Waals surface area contributed by atoms with Gasteiger partial charge in [-0.3, -0.25) is 4.98 Å². The summed E-state index contributed by atoms with van der Waals surface area (Å²) in [5.41, 5.74) is 7.22. The lowest BCUT2D eigenvalue weighted by atomic mass is 9.93. The van der Waals surface area contributed by atoms with Gasteiger partial charge in [0.1, 0.15) is 5.75 Å². The first-order chi connectivity index (χ1) is 9.78. The molecule has 1 fully saturated rings. The molecular weight excluding hydrogens is 284 g/mol. The van der Waals surface area contributed by atoms with E-state index in [0.29, 0.717) is 12.1 Å². The van der Waals surface area contributed by atoms with Gasteiger partial charge in [0.05, 0.1) is 6.10 Å². The number of aryl methyl sites for hydroxylation is 1. The van der Waals surface area contributed by atoms with Crippen LogP contribution in [0.2, 0.25) is 0 Å². The Morgan fingerprint density at radius 1 is 1.19 bits per heavy atom. The van der Waals surface area contributed by atoms with Crippen molar-refractivity contribution in [1.29, 1.82) is 0 Å². The summed E-state index contributed by atoms with van der Waals surface area (Å²) in [6.07, 6.45) is 9.40. The summed E-state index contributed by atoms with van der Waals surface area (Å²) in [6, 6.07) is 6.59. The molecule has 0 radical (unpaired) electrons. The summed E-state index contributed by atoms with van der Waals surface area (Å²) in [5.74, 6) is 1.00. The third kappa shape index (κ3) is 3.47. The maximum Gasteiger partial charge on any atom is 0.127 e. The molecule has 0 atom stereocenters. The second-order valence-corrected chi connectivity index (χ2v) is 5.66. The first-order valence-electron chi connectivity index (χ1n) is 7.55. The van der Waals surface area contributed by atoms with E-state index in [1.165, 1.54) is 10.9 Å². The van der Waals surface area contributed by atoms with E-state index in [0.717, 1.165) is 43.2 Å². The Labute approximate surface area is 132 Å². The third-order valence-electron chi connectivity index (χ3n) is 4.22. The number of aromatic nitrogens is 1. The highest BCUT2D eigenvalue weighted by Crippen LogP contribution is 2.31. The maximum absolute atomic E-state index is 6.28. The zero-order valence-corrected chi connectivity index (χ0v) is 13.2. The monoisotopic (exact) mass is 306 g/mol. The van der Waals surface area contributed by atoms with Gasteiger partial charge in [-0.15, -0.1) is 12.4 Å². The van der Waals surface area contributed by atoms with Crippen LogP contribution in [-0.2, 0) is 6.42 Å². The minimum atomic E-state index is 0. The minimum absolute atomic E-state index is 0. The lowest BCUT2D eigenvalue weighted by molar-refractivity contribution is 0.149. The largest absolute Gasteiger partial charge is 0.490 e. The van der Waals surface area contributed by atoms with Crippen LogP contribution in [-0.4, -0.2) is 17.1 Å². The number of hydrogen-bond acceptors (Lipinski definition) is 3. The second-order valence-electron chi connectivity index (χ2n) is 5.66. The Morgan fingerprint density at radius 2 is 1.95 bits per heavy atom. The molecule has 2 N–H and O–H groups in total. The molecule has 3 nitrogen and oxygen atoms in total. The highest BCUT2D eigenvalue weighted by Gasteiger charge is 2.20. The fraction of sp³-hybridized carbons (Fsp3) is 0.471. The van der Waals surface area contributed by atoms with Gasteiger partial charge in [-0.1, -0.05) is 19.1 Å². The van der Waals surface area contributed by atoms with Crippen LogP contribution in [0, 0.1) is 0 Å². The first kappa shape index (κ1) is 16.1. The smallest absolute Gasteiger partial charge is 0.127 e. The Hall–Kier alpha value is -1.32. The van der Waals surface area contributed by atoms with E-state index < -0.39 is 0 Å². The number of benzene rings is 1. The SMILES string of the molecule is CCc1cncc2cccc(OC3CCC(N)CC3)c12.Cl. The van der Waals surface area contributed by atoms with Crippen molar-refractivity contribution in [2.24, 2.45) is 5.73 Å². The van der Waals surface area contributed by atoms with E-state index in [1.54, 1.807) is 0 Å². The molecule has 21 heavy (non-hydrogen) atoms. The zero-order valence-electron chi connectivity index (χ0n) is 12.4. The molecule has 1 aliphatic carbocycles. The molecule has 4 heteroatoms. The number of rotatable bonds is 3. The second kappa shape index (κ2) is 7.10. The van der Waals surface area contributed by atoms with Gasteiger partial charge in [-0.05, 0) is 43.7 Å². The first-order valence-corrected chi connectivity index (χ1v) is 7.55. The summed E-state index contributed by atoms with van der Waals surface area (Å²) in [7, 11) is 0. The molecule has 1 aliphatic rings. The quantitative estimate of drug-likeness (QED) is 0.936. The number of pyridine rings is 1. The summed E-state index contributed by atoms with van der Waals surface area (Å²) >= 11 is 0. The zero-order chi connectivity index (χ0) is 13.9. The van der Waals surface area contributed by atoms with Gasteiger partial charge >= 0.3 is 0 Å². The molecule has 1 heterocycles. The molecule has 0 amide bonds. The average Bonchev–Trinajstić information content (AvgIpc) is 2.49. The van der Waals surface area contributed by atoms with Gasteiger partial charge in [0.2, 0.25) is 0 Å². The third-order valence-corrected chi connectivity index (χ3v) is 4.22. The van der Waals surface area contributed by atoms with Crippen LogP contribution < -0.4 is 10.5 Å². The van der Waals surface area contributed by atoms with Crippen molar-refractivity contribution in [3.05, 3.63) is 36.2 Å². The number of nitrogens with two attached hydrogens (primary N) is 1. The molecule has 3 rings (SSSR count). The predicted molar refractivity (Wildman–Crippen MR) is 89.2 cm³/mol. The van der Waals surface area contributed by atoms with E-state index >= 15 is 0 Å². The van der Waals surface area contributed by atoms with E-state index in [4.69, 9.17) is 10.5 Å². The maximum atomic E-state index is 6.28. The topological polar surface area (TPSA) is 48.1 Å². The van der Waals surface area contributed by atoms with Crippen LogP contribution in [0.4, 0.5) is 0 Å². The molecule has 1 aromatic heterocycles. The molecule has 114 valence electrons. The van der Waals surface area contributed by atoms with Crippen LogP contribution in [0.1, 0.15) is 38.2 Å². The summed E-state index contributed by atoms with van der Waals surface area (Å²) in [6.45, 7) is 2.16. The minimum Gasteiger partial charge on any atom is -0.490 e. The van der Waals surface area contributed by atoms with E-state index in [-0.39, 0.29) is 12.4 Å². The van der Waals surface area contributed by atoms with Gasteiger partial charge in [0.25, 0.3) is 0 Å². The summed E-state index contributed by atoms with van der Waals surface area (Å²) < 4.78 is 6.28. The lowest BCUT2D eigenvalue weighted by Crippen LogP contribution is -2.31. The summed E-state index contributed by atoms with van der Waals surface area (Å²) in [4.78, 5) is 4.31. The van der Waals surface area contributed by atoms with E-state index in [1.807, 2.05) is 18.5 Å². The van der Waals surface area contributed by atoms with Gasteiger partial charge in [0.15, 0.2) is 0 Å². The molecule has 0 bridgehead atoms. The van der Waals surface area contributed by atoms with Crippen LogP contribution in [0.25, 0.3) is 10.8 Å². The Kier molecular flexibility index (Phi) is 5.43. The highest BCUT2D eigenvalue weighted by molar-refractivity contribution is 5.90. The van der Waals surface area contributed by atoms with Gasteiger partial charge in [-0.2, -0.15) is 0 Å². The number of halogens is 1. The molecule has 0 saturated heterocycles. The van der Waals surface area contributed by atoms with Crippen LogP contribution in [0.5, 0.6) is 5.75 Å². The number of ether oxygens (including phenoxy) is 1. The van der Waals surface area contributed by atoms with Crippen molar-refractivity contribution < 1.29 is 4.74 Å². The fourth-order valence-corrected chi connectivity index (χ4v) is 3.02.